The van der Waals surface area contributed by atoms with E-state index in [1.54, 1.807) is 12.3 Å². The molecule has 7 nitrogen and oxygen atoms in total. The van der Waals surface area contributed by atoms with Gasteiger partial charge >= 0.3 is 5.97 Å². The van der Waals surface area contributed by atoms with Gasteiger partial charge in [0, 0.05) is 32.4 Å². The second-order valence-electron chi connectivity index (χ2n) is 10.6. The normalized spacial score (nSPS) is 17.8. The first-order valence-corrected chi connectivity index (χ1v) is 13.7. The van der Waals surface area contributed by atoms with Crippen molar-refractivity contribution in [2.24, 2.45) is 0 Å². The predicted octanol–water partition coefficient (Wildman–Crippen LogP) is 5.51. The summed E-state index contributed by atoms with van der Waals surface area (Å²) in [6.07, 6.45) is 13.8. The molecule has 1 aromatic carbocycles. The largest absolute Gasteiger partial charge is 0.478 e. The van der Waals surface area contributed by atoms with Crippen molar-refractivity contribution in [2.75, 3.05) is 13.1 Å². The zero-order valence-corrected chi connectivity index (χ0v) is 21.8. The van der Waals surface area contributed by atoms with Gasteiger partial charge in [0.25, 0.3) is 0 Å². The average molecular weight is 503 g/mol. The zero-order valence-electron chi connectivity index (χ0n) is 21.8. The lowest BCUT2D eigenvalue weighted by Crippen LogP contribution is -2.38. The Morgan fingerprint density at radius 3 is 2.46 bits per heavy atom. The highest BCUT2D eigenvalue weighted by atomic mass is 16.5. The summed E-state index contributed by atoms with van der Waals surface area (Å²) in [7, 11) is 0. The number of hydrogen-bond donors (Lipinski definition) is 1. The first-order chi connectivity index (χ1) is 18.0. The van der Waals surface area contributed by atoms with Gasteiger partial charge in [-0.2, -0.15) is 0 Å². The molecule has 196 valence electrons. The molecule has 1 aliphatic carbocycles. The number of aromatic carboxylic acids is 1. The third-order valence-corrected chi connectivity index (χ3v) is 7.78. The molecule has 0 spiro atoms. The molecule has 0 radical (unpaired) electrons. The number of rotatable bonds is 9. The Bertz CT molecular complexity index is 1180. The third-order valence-electron chi connectivity index (χ3n) is 7.78. The van der Waals surface area contributed by atoms with Crippen LogP contribution in [-0.2, 0) is 24.2 Å². The second kappa shape index (κ2) is 12.0. The standard InChI is InChI=1S/C30H38N4O3/c1-22-7-9-23(10-8-22)12-18-34-25(20-32-29(34)28-19-24(30(35)36)11-15-31-28)21-33-16-13-27(14-17-33)37-26-5-3-2-4-6-26/h7-11,15,19-20,26-27H,2-6,12-14,16-18,21H2,1H3,(H,35,36). The molecule has 5 rings (SSSR count). The summed E-state index contributed by atoms with van der Waals surface area (Å²) in [6.45, 7) is 5.70. The van der Waals surface area contributed by atoms with Gasteiger partial charge in [0.05, 0.1) is 29.7 Å². The molecule has 1 aliphatic heterocycles. The highest BCUT2D eigenvalue weighted by Crippen LogP contribution is 2.26. The summed E-state index contributed by atoms with van der Waals surface area (Å²) < 4.78 is 8.66. The summed E-state index contributed by atoms with van der Waals surface area (Å²) in [6, 6.07) is 11.8. The topological polar surface area (TPSA) is 80.5 Å². The number of pyridine rings is 1. The lowest BCUT2D eigenvalue weighted by molar-refractivity contribution is -0.0567. The van der Waals surface area contributed by atoms with Crippen molar-refractivity contribution < 1.29 is 14.6 Å². The molecule has 7 heteroatoms. The molecule has 1 saturated heterocycles. The number of carboxylic acid groups (broad SMARTS) is 1. The van der Waals surface area contributed by atoms with Gasteiger partial charge in [-0.15, -0.1) is 0 Å². The zero-order chi connectivity index (χ0) is 25.6. The number of aryl methyl sites for hydroxylation is 2. The fourth-order valence-electron chi connectivity index (χ4n) is 5.58. The minimum atomic E-state index is -0.958. The van der Waals surface area contributed by atoms with Crippen molar-refractivity contribution in [1.29, 1.82) is 0 Å². The minimum absolute atomic E-state index is 0.222. The van der Waals surface area contributed by atoms with Crippen LogP contribution in [0.3, 0.4) is 0 Å². The van der Waals surface area contributed by atoms with Crippen LogP contribution in [0, 0.1) is 6.92 Å². The number of carboxylic acids is 1. The quantitative estimate of drug-likeness (QED) is 0.416. The molecule has 2 fully saturated rings. The Balaban J connectivity index is 1.29. The van der Waals surface area contributed by atoms with E-state index in [-0.39, 0.29) is 5.56 Å². The third kappa shape index (κ3) is 6.65. The molecule has 1 N–H and O–H groups in total. The first-order valence-electron chi connectivity index (χ1n) is 13.7. The van der Waals surface area contributed by atoms with Crippen molar-refractivity contribution in [2.45, 2.75) is 83.6 Å². The molecule has 1 saturated carbocycles. The SMILES string of the molecule is Cc1ccc(CCn2c(CN3CCC(OC4CCCCC4)CC3)cnc2-c2cc(C(=O)O)ccn2)cc1. The van der Waals surface area contributed by atoms with Gasteiger partial charge in [0.2, 0.25) is 0 Å². The lowest BCUT2D eigenvalue weighted by atomic mass is 9.97. The Labute approximate surface area is 219 Å². The van der Waals surface area contributed by atoms with Gasteiger partial charge < -0.3 is 14.4 Å². The Kier molecular flexibility index (Phi) is 8.31. The van der Waals surface area contributed by atoms with E-state index < -0.39 is 5.97 Å². The number of nitrogens with zero attached hydrogens (tertiary/aromatic N) is 4. The number of piperidine rings is 1. The molecular formula is C30H38N4O3. The number of benzene rings is 1. The minimum Gasteiger partial charge on any atom is -0.478 e. The fourth-order valence-corrected chi connectivity index (χ4v) is 5.58. The Hall–Kier alpha value is -3.03. The Morgan fingerprint density at radius 2 is 1.73 bits per heavy atom. The maximum Gasteiger partial charge on any atom is 0.335 e. The Morgan fingerprint density at radius 1 is 1.00 bits per heavy atom. The number of aromatic nitrogens is 3. The van der Waals surface area contributed by atoms with E-state index in [1.807, 2.05) is 6.20 Å². The molecular weight excluding hydrogens is 464 g/mol. The van der Waals surface area contributed by atoms with E-state index in [9.17, 15) is 9.90 Å². The van der Waals surface area contributed by atoms with Crippen LogP contribution in [0.1, 0.15) is 72.1 Å². The number of likely N-dealkylation sites (tertiary alicyclic amines) is 1. The van der Waals surface area contributed by atoms with Crippen molar-refractivity contribution in [3.05, 3.63) is 71.2 Å². The molecule has 0 bridgehead atoms. The van der Waals surface area contributed by atoms with Crippen LogP contribution in [0.2, 0.25) is 0 Å². The summed E-state index contributed by atoms with van der Waals surface area (Å²) in [5.41, 5.74) is 4.47. The number of carbonyl (C=O) groups is 1. The van der Waals surface area contributed by atoms with Crippen molar-refractivity contribution in [3.63, 3.8) is 0 Å². The van der Waals surface area contributed by atoms with Crippen LogP contribution >= 0.6 is 0 Å². The maximum absolute atomic E-state index is 11.6. The van der Waals surface area contributed by atoms with Gasteiger partial charge in [-0.25, -0.2) is 9.78 Å². The van der Waals surface area contributed by atoms with Gasteiger partial charge in [0.15, 0.2) is 5.82 Å². The molecule has 2 aliphatic rings. The van der Waals surface area contributed by atoms with Crippen LogP contribution in [0.25, 0.3) is 11.5 Å². The van der Waals surface area contributed by atoms with Crippen LogP contribution in [0.15, 0.2) is 48.8 Å². The van der Waals surface area contributed by atoms with Crippen molar-refractivity contribution >= 4 is 5.97 Å². The summed E-state index contributed by atoms with van der Waals surface area (Å²) >= 11 is 0. The van der Waals surface area contributed by atoms with E-state index in [0.717, 1.165) is 57.0 Å². The first kappa shape index (κ1) is 25.6. The fraction of sp³-hybridized carbons (Fsp3) is 0.500. The predicted molar refractivity (Wildman–Crippen MR) is 144 cm³/mol. The van der Waals surface area contributed by atoms with Crippen molar-refractivity contribution in [3.8, 4) is 11.5 Å². The van der Waals surface area contributed by atoms with Crippen LogP contribution in [-0.4, -0.2) is 55.8 Å². The highest BCUT2D eigenvalue weighted by molar-refractivity contribution is 5.88. The number of imidazole rings is 1. The number of ether oxygens (including phenoxy) is 1. The molecule has 37 heavy (non-hydrogen) atoms. The molecule has 2 aromatic heterocycles. The van der Waals surface area contributed by atoms with E-state index in [0.29, 0.717) is 17.9 Å². The monoisotopic (exact) mass is 502 g/mol. The maximum atomic E-state index is 11.6. The van der Waals surface area contributed by atoms with E-state index in [2.05, 4.69) is 45.6 Å². The van der Waals surface area contributed by atoms with Crippen LogP contribution in [0.5, 0.6) is 0 Å². The van der Waals surface area contributed by atoms with Gasteiger partial charge in [-0.1, -0.05) is 49.1 Å². The lowest BCUT2D eigenvalue weighted by Gasteiger charge is -2.35. The molecule has 3 heterocycles. The molecule has 0 amide bonds. The molecule has 0 atom stereocenters. The van der Waals surface area contributed by atoms with E-state index in [4.69, 9.17) is 9.72 Å². The van der Waals surface area contributed by atoms with Gasteiger partial charge in [0.1, 0.15) is 5.69 Å². The van der Waals surface area contributed by atoms with Gasteiger partial charge in [-0.3, -0.25) is 9.88 Å². The van der Waals surface area contributed by atoms with Crippen LogP contribution < -0.4 is 0 Å². The smallest absolute Gasteiger partial charge is 0.335 e. The number of hydrogen-bond acceptors (Lipinski definition) is 5. The summed E-state index contributed by atoms with van der Waals surface area (Å²) in [5.74, 6) is -0.235. The highest BCUT2D eigenvalue weighted by Gasteiger charge is 2.25. The second-order valence-corrected chi connectivity index (χ2v) is 10.6. The summed E-state index contributed by atoms with van der Waals surface area (Å²) in [4.78, 5) is 23.2. The van der Waals surface area contributed by atoms with Crippen LogP contribution in [0.4, 0.5) is 0 Å². The van der Waals surface area contributed by atoms with E-state index in [1.165, 1.54) is 49.3 Å². The average Bonchev–Trinajstić information content (AvgIpc) is 3.32. The van der Waals surface area contributed by atoms with Gasteiger partial charge in [-0.05, 0) is 56.7 Å². The van der Waals surface area contributed by atoms with Crippen molar-refractivity contribution in [1.82, 2.24) is 19.4 Å². The summed E-state index contributed by atoms with van der Waals surface area (Å²) in [5, 5.41) is 9.47. The van der Waals surface area contributed by atoms with E-state index >= 15 is 0 Å². The molecule has 3 aromatic rings. The molecule has 0 unspecified atom stereocenters.